The van der Waals surface area contributed by atoms with Crippen molar-refractivity contribution in [2.45, 2.75) is 16.4 Å². The fraction of sp³-hybridized carbons (Fsp3) is 0.364. The Balaban J connectivity index is 3.18. The molecule has 0 aliphatic rings. The number of carbonyl (C=O) groups excluding carboxylic acids is 1. The molecule has 1 rings (SSSR count). The maximum absolute atomic E-state index is 12.1. The monoisotopic (exact) mass is 382 g/mol. The van der Waals surface area contributed by atoms with Crippen molar-refractivity contribution in [1.29, 1.82) is 0 Å². The van der Waals surface area contributed by atoms with Crippen LogP contribution in [0.5, 0.6) is 0 Å². The van der Waals surface area contributed by atoms with Gasteiger partial charge >= 0.3 is 0 Å². The van der Waals surface area contributed by atoms with Crippen LogP contribution in [0.2, 0.25) is 0 Å². The lowest BCUT2D eigenvalue weighted by Crippen LogP contribution is -2.35. The van der Waals surface area contributed by atoms with Crippen molar-refractivity contribution >= 4 is 47.5 Å². The average Bonchev–Trinajstić information content (AvgIpc) is 2.28. The van der Waals surface area contributed by atoms with E-state index in [-0.39, 0.29) is 5.75 Å². The Bertz CT molecular complexity index is 518. The SMILES string of the molecule is CCS(=O)(=O)C(Br)(Br)C(=O)c1ccc(C)cc1. The Kier molecular flexibility index (Phi) is 4.54. The van der Waals surface area contributed by atoms with E-state index in [1.807, 2.05) is 6.92 Å². The van der Waals surface area contributed by atoms with Crippen LogP contribution in [-0.4, -0.2) is 22.5 Å². The third-order valence-corrected chi connectivity index (χ3v) is 7.76. The highest BCUT2D eigenvalue weighted by molar-refractivity contribution is 9.28. The molecule has 1 aromatic carbocycles. The second kappa shape index (κ2) is 5.20. The van der Waals surface area contributed by atoms with Crippen molar-refractivity contribution in [3.8, 4) is 0 Å². The summed E-state index contributed by atoms with van der Waals surface area (Å²) >= 11 is 5.93. The quantitative estimate of drug-likeness (QED) is 0.593. The molecule has 0 saturated heterocycles. The summed E-state index contributed by atoms with van der Waals surface area (Å²) in [6.45, 7) is 3.39. The smallest absolute Gasteiger partial charge is 0.243 e. The Morgan fingerprint density at radius 3 is 2.12 bits per heavy atom. The lowest BCUT2D eigenvalue weighted by molar-refractivity contribution is 0.100. The van der Waals surface area contributed by atoms with Gasteiger partial charge in [0.05, 0.1) is 5.75 Å². The number of alkyl halides is 2. The zero-order valence-electron chi connectivity index (χ0n) is 9.41. The van der Waals surface area contributed by atoms with Crippen LogP contribution in [-0.2, 0) is 9.84 Å². The topological polar surface area (TPSA) is 51.2 Å². The summed E-state index contributed by atoms with van der Waals surface area (Å²) in [7, 11) is -3.57. The minimum absolute atomic E-state index is 0.124. The predicted molar refractivity (Wildman–Crippen MR) is 75.6 cm³/mol. The second-order valence-corrected chi connectivity index (χ2v) is 10.5. The van der Waals surface area contributed by atoms with Crippen LogP contribution in [0, 0.1) is 6.92 Å². The van der Waals surface area contributed by atoms with Crippen LogP contribution >= 0.6 is 31.9 Å². The van der Waals surface area contributed by atoms with E-state index in [0.29, 0.717) is 5.56 Å². The number of ketones is 1. The van der Waals surface area contributed by atoms with Crippen LogP contribution in [0.15, 0.2) is 24.3 Å². The van der Waals surface area contributed by atoms with Gasteiger partial charge in [0.15, 0.2) is 9.84 Å². The lowest BCUT2D eigenvalue weighted by atomic mass is 10.1. The van der Waals surface area contributed by atoms with E-state index in [0.717, 1.165) is 5.56 Å². The Morgan fingerprint density at radius 1 is 1.24 bits per heavy atom. The molecule has 1 aromatic rings. The van der Waals surface area contributed by atoms with Crippen molar-refractivity contribution in [2.24, 2.45) is 0 Å². The first-order chi connectivity index (χ1) is 7.72. The second-order valence-electron chi connectivity index (χ2n) is 3.62. The van der Waals surface area contributed by atoms with E-state index in [9.17, 15) is 13.2 Å². The highest BCUT2D eigenvalue weighted by atomic mass is 79.9. The molecule has 3 nitrogen and oxygen atoms in total. The summed E-state index contributed by atoms with van der Waals surface area (Å²) in [4.78, 5) is 12.1. The zero-order valence-corrected chi connectivity index (χ0v) is 13.4. The standard InChI is InChI=1S/C11H12Br2O3S/c1-3-17(15,16)11(12,13)10(14)9-6-4-8(2)5-7-9/h4-7H,3H2,1-2H3. The normalized spacial score (nSPS) is 12.5. The van der Waals surface area contributed by atoms with Crippen molar-refractivity contribution in [2.75, 3.05) is 5.75 Å². The number of benzene rings is 1. The molecule has 0 radical (unpaired) electrons. The van der Waals surface area contributed by atoms with E-state index in [4.69, 9.17) is 0 Å². The number of rotatable bonds is 4. The van der Waals surface area contributed by atoms with E-state index >= 15 is 0 Å². The summed E-state index contributed by atoms with van der Waals surface area (Å²) in [5, 5.41) is 0. The summed E-state index contributed by atoms with van der Waals surface area (Å²) < 4.78 is 21.8. The van der Waals surface area contributed by atoms with Crippen molar-refractivity contribution in [1.82, 2.24) is 0 Å². The molecule has 17 heavy (non-hydrogen) atoms. The van der Waals surface area contributed by atoms with E-state index in [1.165, 1.54) is 6.92 Å². The maximum atomic E-state index is 12.1. The largest absolute Gasteiger partial charge is 0.290 e. The van der Waals surface area contributed by atoms with Gasteiger partial charge in [-0.05, 0) is 38.8 Å². The van der Waals surface area contributed by atoms with Gasteiger partial charge in [0.1, 0.15) is 0 Å². The lowest BCUT2D eigenvalue weighted by Gasteiger charge is -2.18. The first-order valence-corrected chi connectivity index (χ1v) is 8.17. The Labute approximate surface area is 118 Å². The molecule has 0 aliphatic carbocycles. The molecule has 0 spiro atoms. The molecular weight excluding hydrogens is 372 g/mol. The highest BCUT2D eigenvalue weighted by Gasteiger charge is 2.45. The van der Waals surface area contributed by atoms with E-state index in [2.05, 4.69) is 31.9 Å². The molecule has 0 atom stereocenters. The molecule has 0 aromatic heterocycles. The van der Waals surface area contributed by atoms with Gasteiger partial charge in [0.25, 0.3) is 0 Å². The summed E-state index contributed by atoms with van der Waals surface area (Å²) in [6.07, 6.45) is 0. The fourth-order valence-corrected chi connectivity index (χ4v) is 3.79. The number of carbonyl (C=O) groups is 1. The first-order valence-electron chi connectivity index (χ1n) is 4.94. The Morgan fingerprint density at radius 2 is 1.71 bits per heavy atom. The molecule has 0 unspecified atom stereocenters. The first kappa shape index (κ1) is 14.9. The minimum Gasteiger partial charge on any atom is -0.290 e. The molecule has 0 heterocycles. The molecule has 0 fully saturated rings. The molecule has 0 saturated carbocycles. The fourth-order valence-electron chi connectivity index (χ4n) is 1.20. The van der Waals surface area contributed by atoms with Crippen molar-refractivity contribution in [3.05, 3.63) is 35.4 Å². The minimum atomic E-state index is -3.57. The highest BCUT2D eigenvalue weighted by Crippen LogP contribution is 2.36. The Hall–Kier alpha value is -0.200. The number of halogens is 2. The summed E-state index contributed by atoms with van der Waals surface area (Å²) in [6, 6.07) is 6.75. The molecule has 6 heteroatoms. The number of hydrogen-bond donors (Lipinski definition) is 0. The van der Waals surface area contributed by atoms with Crippen LogP contribution in [0.25, 0.3) is 0 Å². The van der Waals surface area contributed by atoms with Crippen molar-refractivity contribution < 1.29 is 13.2 Å². The van der Waals surface area contributed by atoms with E-state index in [1.54, 1.807) is 24.3 Å². The number of aryl methyl sites for hydroxylation is 1. The number of Topliss-reactive ketones (excluding diaryl/α,β-unsaturated/α-hetero) is 1. The molecule has 94 valence electrons. The number of hydrogen-bond acceptors (Lipinski definition) is 3. The predicted octanol–water partition coefficient (Wildman–Crippen LogP) is 3.06. The third-order valence-electron chi connectivity index (χ3n) is 2.35. The zero-order chi connectivity index (χ0) is 13.3. The molecular formula is C11H12Br2O3S. The molecule has 0 N–H and O–H groups in total. The van der Waals surface area contributed by atoms with E-state index < -0.39 is 18.2 Å². The van der Waals surface area contributed by atoms with Crippen LogP contribution in [0.4, 0.5) is 0 Å². The maximum Gasteiger partial charge on any atom is 0.243 e. The summed E-state index contributed by atoms with van der Waals surface area (Å²) in [5.41, 5.74) is 1.36. The molecule has 0 amide bonds. The third kappa shape index (κ3) is 2.98. The van der Waals surface area contributed by atoms with Gasteiger partial charge in [-0.1, -0.05) is 36.8 Å². The van der Waals surface area contributed by atoms with Gasteiger partial charge in [0, 0.05) is 5.56 Å². The van der Waals surface area contributed by atoms with Gasteiger partial charge < -0.3 is 0 Å². The van der Waals surface area contributed by atoms with Gasteiger partial charge in [-0.25, -0.2) is 8.42 Å². The van der Waals surface area contributed by atoms with Gasteiger partial charge in [-0.2, -0.15) is 0 Å². The summed E-state index contributed by atoms with van der Waals surface area (Å²) in [5.74, 6) is -0.638. The van der Waals surface area contributed by atoms with Crippen molar-refractivity contribution in [3.63, 3.8) is 0 Å². The van der Waals surface area contributed by atoms with Gasteiger partial charge in [-0.15, -0.1) is 0 Å². The number of sulfone groups is 1. The molecule has 0 aliphatic heterocycles. The van der Waals surface area contributed by atoms with Crippen LogP contribution in [0.3, 0.4) is 0 Å². The molecule has 0 bridgehead atoms. The average molecular weight is 384 g/mol. The van der Waals surface area contributed by atoms with Crippen LogP contribution < -0.4 is 0 Å². The van der Waals surface area contributed by atoms with Crippen LogP contribution in [0.1, 0.15) is 22.8 Å². The van der Waals surface area contributed by atoms with Gasteiger partial charge in [-0.3, -0.25) is 4.79 Å². The van der Waals surface area contributed by atoms with Gasteiger partial charge in [0.2, 0.25) is 8.35 Å².